The van der Waals surface area contributed by atoms with Crippen LogP contribution in [0.25, 0.3) is 0 Å². The number of methoxy groups -OCH3 is 2. The Kier molecular flexibility index (Phi) is 2.62. The van der Waals surface area contributed by atoms with Crippen molar-refractivity contribution in [1.82, 2.24) is 0 Å². The molecular weight excluding hydrogens is 300 g/mol. The van der Waals surface area contributed by atoms with Gasteiger partial charge in [0.2, 0.25) is 0 Å². The van der Waals surface area contributed by atoms with E-state index in [1.807, 2.05) is 32.9 Å². The quantitative estimate of drug-likeness (QED) is 0.561. The Hall–Kier alpha value is -1.66. The van der Waals surface area contributed by atoms with E-state index >= 15 is 0 Å². The zero-order valence-electron chi connectivity index (χ0n) is 13.8. The maximum Gasteiger partial charge on any atom is 0.337 e. The first-order valence-corrected chi connectivity index (χ1v) is 7.72. The Morgan fingerprint density at radius 1 is 1.04 bits per heavy atom. The van der Waals surface area contributed by atoms with Gasteiger partial charge in [-0.2, -0.15) is 0 Å². The minimum atomic E-state index is -0.940. The van der Waals surface area contributed by atoms with Crippen LogP contribution in [0.5, 0.6) is 0 Å². The summed E-state index contributed by atoms with van der Waals surface area (Å²) in [5, 5.41) is 0. The van der Waals surface area contributed by atoms with Crippen molar-refractivity contribution in [3.8, 4) is 0 Å². The van der Waals surface area contributed by atoms with Gasteiger partial charge in [-0.1, -0.05) is 12.2 Å². The predicted molar refractivity (Wildman–Crippen MR) is 78.4 cm³/mol. The standard InChI is InChI=1S/C17H20O6/c1-15-7-6-8(22-15)9-12(15)17(3)11(14(19)21-5)10(13(18)20-4)16(9,2)23-17/h6-9,12H,1-5H3/t8-,9-,12-,15-,16+,17-/m1/s1. The fourth-order valence-electron chi connectivity index (χ4n) is 5.40. The fourth-order valence-corrected chi connectivity index (χ4v) is 5.40. The van der Waals surface area contributed by atoms with Crippen LogP contribution in [0.2, 0.25) is 0 Å². The average Bonchev–Trinajstić information content (AvgIpc) is 3.16. The Labute approximate surface area is 134 Å². The van der Waals surface area contributed by atoms with E-state index in [-0.39, 0.29) is 29.1 Å². The number of ether oxygens (including phenoxy) is 4. The molecule has 2 saturated heterocycles. The first-order valence-electron chi connectivity index (χ1n) is 7.72. The maximum absolute atomic E-state index is 12.5. The van der Waals surface area contributed by atoms with Crippen molar-refractivity contribution in [3.63, 3.8) is 0 Å². The molecular formula is C17H20O6. The summed E-state index contributed by atoms with van der Waals surface area (Å²) >= 11 is 0. The van der Waals surface area contributed by atoms with Gasteiger partial charge in [0.15, 0.2) is 0 Å². The van der Waals surface area contributed by atoms with Crippen LogP contribution in [0, 0.1) is 11.8 Å². The highest BCUT2D eigenvalue weighted by molar-refractivity contribution is 6.05. The van der Waals surface area contributed by atoms with Crippen molar-refractivity contribution < 1.29 is 28.5 Å². The summed E-state index contributed by atoms with van der Waals surface area (Å²) in [5.74, 6) is -1.19. The van der Waals surface area contributed by atoms with Gasteiger partial charge >= 0.3 is 11.9 Å². The largest absolute Gasteiger partial charge is 0.466 e. The molecule has 0 aromatic heterocycles. The molecule has 4 rings (SSSR count). The molecule has 124 valence electrons. The van der Waals surface area contributed by atoms with Crippen molar-refractivity contribution >= 4 is 11.9 Å². The van der Waals surface area contributed by atoms with Crippen molar-refractivity contribution in [3.05, 3.63) is 23.3 Å². The van der Waals surface area contributed by atoms with Crippen LogP contribution in [0.1, 0.15) is 20.8 Å². The molecule has 0 unspecified atom stereocenters. The lowest BCUT2D eigenvalue weighted by Gasteiger charge is -2.39. The summed E-state index contributed by atoms with van der Waals surface area (Å²) in [5.41, 5.74) is -1.85. The molecule has 0 spiro atoms. The third kappa shape index (κ3) is 1.42. The molecule has 4 heterocycles. The summed E-state index contributed by atoms with van der Waals surface area (Å²) in [4.78, 5) is 24.9. The van der Waals surface area contributed by atoms with Gasteiger partial charge in [-0.25, -0.2) is 9.59 Å². The Morgan fingerprint density at radius 3 is 2.17 bits per heavy atom. The van der Waals surface area contributed by atoms with Crippen LogP contribution in [0.3, 0.4) is 0 Å². The molecule has 2 fully saturated rings. The first kappa shape index (κ1) is 14.9. The maximum atomic E-state index is 12.5. The van der Waals surface area contributed by atoms with E-state index in [2.05, 4.69) is 0 Å². The second kappa shape index (κ2) is 4.05. The number of rotatable bonds is 2. The lowest BCUT2D eigenvalue weighted by atomic mass is 9.58. The van der Waals surface area contributed by atoms with Gasteiger partial charge in [-0.05, 0) is 20.8 Å². The number of hydrogen-bond donors (Lipinski definition) is 0. The predicted octanol–water partition coefficient (Wildman–Crippen LogP) is 1.15. The Bertz CT molecular complexity index is 693. The van der Waals surface area contributed by atoms with Gasteiger partial charge in [0.05, 0.1) is 37.1 Å². The van der Waals surface area contributed by atoms with Gasteiger partial charge in [-0.15, -0.1) is 0 Å². The molecule has 0 saturated carbocycles. The highest BCUT2D eigenvalue weighted by Gasteiger charge is 2.78. The molecule has 6 atom stereocenters. The SMILES string of the molecule is COC(=O)C1=C(C(=O)OC)[C@@]2(C)O[C@@]1(C)[C@H]1[C@@H]2[C@@]2(C)C=C[C@H]1O2. The van der Waals surface area contributed by atoms with Crippen LogP contribution in [-0.2, 0) is 28.5 Å². The minimum absolute atomic E-state index is 0.0370. The fraction of sp³-hybridized carbons (Fsp3) is 0.647. The number of esters is 2. The third-order valence-corrected chi connectivity index (χ3v) is 6.01. The van der Waals surface area contributed by atoms with Crippen molar-refractivity contribution in [2.24, 2.45) is 11.8 Å². The van der Waals surface area contributed by atoms with Crippen LogP contribution in [0.4, 0.5) is 0 Å². The van der Waals surface area contributed by atoms with Crippen molar-refractivity contribution in [2.45, 2.75) is 43.7 Å². The van der Waals surface area contributed by atoms with E-state index in [4.69, 9.17) is 18.9 Å². The summed E-state index contributed by atoms with van der Waals surface area (Å²) in [6, 6.07) is 0. The van der Waals surface area contributed by atoms with E-state index in [0.717, 1.165) is 0 Å². The minimum Gasteiger partial charge on any atom is -0.466 e. The monoisotopic (exact) mass is 320 g/mol. The number of carbonyl (C=O) groups excluding carboxylic acids is 2. The Balaban J connectivity index is 1.97. The zero-order valence-corrected chi connectivity index (χ0v) is 13.8. The molecule has 0 amide bonds. The van der Waals surface area contributed by atoms with Crippen LogP contribution >= 0.6 is 0 Å². The molecule has 4 aliphatic heterocycles. The molecule has 0 aliphatic carbocycles. The third-order valence-electron chi connectivity index (χ3n) is 6.01. The van der Waals surface area contributed by atoms with Crippen molar-refractivity contribution in [1.29, 1.82) is 0 Å². The normalized spacial score (nSPS) is 48.8. The van der Waals surface area contributed by atoms with Gasteiger partial charge in [0, 0.05) is 11.8 Å². The van der Waals surface area contributed by atoms with E-state index in [0.29, 0.717) is 0 Å². The lowest BCUT2D eigenvalue weighted by molar-refractivity contribution is -0.140. The summed E-state index contributed by atoms with van der Waals surface area (Å²) in [6.45, 7) is 5.69. The summed E-state index contributed by atoms with van der Waals surface area (Å²) in [7, 11) is 2.61. The highest BCUT2D eigenvalue weighted by atomic mass is 16.6. The molecule has 0 N–H and O–H groups in total. The van der Waals surface area contributed by atoms with E-state index < -0.39 is 28.7 Å². The molecule has 0 radical (unpaired) electrons. The molecule has 0 aromatic carbocycles. The average molecular weight is 320 g/mol. The highest BCUT2D eigenvalue weighted by Crippen LogP contribution is 2.69. The van der Waals surface area contributed by atoms with E-state index in [9.17, 15) is 9.59 Å². The smallest absolute Gasteiger partial charge is 0.337 e. The number of hydrogen-bond acceptors (Lipinski definition) is 6. The summed E-state index contributed by atoms with van der Waals surface area (Å²) < 4.78 is 22.3. The number of fused-ring (bicyclic) bond motifs is 9. The van der Waals surface area contributed by atoms with Gasteiger partial charge < -0.3 is 18.9 Å². The van der Waals surface area contributed by atoms with Crippen molar-refractivity contribution in [2.75, 3.05) is 14.2 Å². The Morgan fingerprint density at radius 2 is 1.61 bits per heavy atom. The second-order valence-corrected chi connectivity index (χ2v) is 7.18. The topological polar surface area (TPSA) is 71.1 Å². The summed E-state index contributed by atoms with van der Waals surface area (Å²) in [6.07, 6.45) is 3.92. The second-order valence-electron chi connectivity index (χ2n) is 7.18. The molecule has 4 aliphatic rings. The molecule has 0 aromatic rings. The van der Waals surface area contributed by atoms with E-state index in [1.54, 1.807) is 0 Å². The van der Waals surface area contributed by atoms with Crippen LogP contribution in [-0.4, -0.2) is 49.1 Å². The number of carbonyl (C=O) groups is 2. The lowest BCUT2D eigenvalue weighted by Crippen LogP contribution is -2.51. The molecule has 6 heteroatoms. The van der Waals surface area contributed by atoms with Crippen LogP contribution in [0.15, 0.2) is 23.3 Å². The van der Waals surface area contributed by atoms with Crippen LogP contribution < -0.4 is 0 Å². The first-order chi connectivity index (χ1) is 10.7. The van der Waals surface area contributed by atoms with Gasteiger partial charge in [0.1, 0.15) is 11.2 Å². The molecule has 6 nitrogen and oxygen atoms in total. The molecule has 23 heavy (non-hydrogen) atoms. The molecule has 4 bridgehead atoms. The van der Waals surface area contributed by atoms with Gasteiger partial charge in [0.25, 0.3) is 0 Å². The van der Waals surface area contributed by atoms with E-state index in [1.165, 1.54) is 14.2 Å². The zero-order chi connectivity index (χ0) is 16.8. The van der Waals surface area contributed by atoms with Gasteiger partial charge in [-0.3, -0.25) is 0 Å².